The molecule has 2 aromatic heterocycles. The van der Waals surface area contributed by atoms with Crippen LogP contribution in [0.4, 0.5) is 13.2 Å². The van der Waals surface area contributed by atoms with E-state index in [1.165, 1.54) is 45.5 Å². The van der Waals surface area contributed by atoms with Gasteiger partial charge in [0.25, 0.3) is 0 Å². The normalized spacial score (nSPS) is 12.5. The highest BCUT2D eigenvalue weighted by atomic mass is 32.1. The van der Waals surface area contributed by atoms with Gasteiger partial charge in [-0.05, 0) is 38.1 Å². The molecule has 2 heterocycles. The van der Waals surface area contributed by atoms with Gasteiger partial charge in [-0.1, -0.05) is 18.2 Å². The Hall–Kier alpha value is -3.66. The number of carbonyl (C=O) groups excluding carboxylic acids is 2. The minimum atomic E-state index is -4.55. The summed E-state index contributed by atoms with van der Waals surface area (Å²) in [6, 6.07) is 11.8. The van der Waals surface area contributed by atoms with Gasteiger partial charge < -0.3 is 9.47 Å². The summed E-state index contributed by atoms with van der Waals surface area (Å²) in [6.07, 6.45) is -4.01. The van der Waals surface area contributed by atoms with Crippen LogP contribution in [0.25, 0.3) is 16.0 Å². The van der Waals surface area contributed by atoms with E-state index in [2.05, 4.69) is 4.98 Å². The van der Waals surface area contributed by atoms with Crippen LogP contribution in [0.15, 0.2) is 54.9 Å². The van der Waals surface area contributed by atoms with Crippen molar-refractivity contribution >= 4 is 34.1 Å². The van der Waals surface area contributed by atoms with Gasteiger partial charge >= 0.3 is 12.1 Å². The van der Waals surface area contributed by atoms with E-state index in [1.807, 2.05) is 0 Å². The third-order valence-corrected chi connectivity index (χ3v) is 6.35. The molecule has 0 N–H and O–H groups in total. The molecule has 176 valence electrons. The molecule has 4 rings (SSSR count). The lowest BCUT2D eigenvalue weighted by molar-refractivity contribution is -0.139. The van der Waals surface area contributed by atoms with E-state index < -0.39 is 23.8 Å². The number of Topliss-reactive ketones (excluding diaryl/α,β-unsaturated/α-hetero) is 1. The monoisotopic (exact) mass is 488 g/mol. The highest BCUT2D eigenvalue weighted by Crippen LogP contribution is 2.39. The van der Waals surface area contributed by atoms with Gasteiger partial charge in [0.15, 0.2) is 10.7 Å². The molecule has 0 fully saturated rings. The van der Waals surface area contributed by atoms with Gasteiger partial charge in [0.05, 0.1) is 23.7 Å². The highest BCUT2D eigenvalue weighted by Gasteiger charge is 2.35. The molecule has 0 saturated carbocycles. The van der Waals surface area contributed by atoms with Crippen molar-refractivity contribution in [2.75, 3.05) is 7.11 Å². The minimum absolute atomic E-state index is 0.0524. The first-order valence-electron chi connectivity index (χ1n) is 10.1. The largest absolute Gasteiger partial charge is 0.484 e. The Kier molecular flexibility index (Phi) is 6.18. The van der Waals surface area contributed by atoms with Gasteiger partial charge in [0.2, 0.25) is 0 Å². The first-order chi connectivity index (χ1) is 16.1. The summed E-state index contributed by atoms with van der Waals surface area (Å²) in [7, 11) is 1.21. The summed E-state index contributed by atoms with van der Waals surface area (Å²) in [5, 5.41) is 0.546. The molecular formula is C24H19F3N2O4S. The van der Waals surface area contributed by atoms with Crippen LogP contribution >= 0.6 is 11.3 Å². The summed E-state index contributed by atoms with van der Waals surface area (Å²) < 4.78 is 52.8. The quantitative estimate of drug-likeness (QED) is 0.238. The number of halogens is 3. The Morgan fingerprint density at radius 2 is 1.85 bits per heavy atom. The molecule has 2 aromatic carbocycles. The molecule has 0 saturated heterocycles. The van der Waals surface area contributed by atoms with Crippen molar-refractivity contribution in [2.45, 2.75) is 26.1 Å². The second kappa shape index (κ2) is 8.94. The third-order valence-electron chi connectivity index (χ3n) is 5.25. The van der Waals surface area contributed by atoms with E-state index in [0.29, 0.717) is 21.6 Å². The summed E-state index contributed by atoms with van der Waals surface area (Å²) in [5.74, 6) is -0.672. The van der Waals surface area contributed by atoms with Gasteiger partial charge in [0.1, 0.15) is 23.2 Å². The number of benzene rings is 2. The Labute approximate surface area is 196 Å². The predicted molar refractivity (Wildman–Crippen MR) is 121 cm³/mol. The van der Waals surface area contributed by atoms with Crippen LogP contribution in [-0.2, 0) is 10.9 Å². The first-order valence-corrected chi connectivity index (χ1v) is 10.9. The minimum Gasteiger partial charge on any atom is -0.484 e. The number of alkyl halides is 3. The molecule has 0 aliphatic carbocycles. The van der Waals surface area contributed by atoms with Crippen molar-refractivity contribution in [3.05, 3.63) is 76.4 Å². The van der Waals surface area contributed by atoms with Gasteiger partial charge in [-0.2, -0.15) is 13.2 Å². The van der Waals surface area contributed by atoms with Crippen molar-refractivity contribution in [3.63, 3.8) is 0 Å². The van der Waals surface area contributed by atoms with Crippen LogP contribution in [0.1, 0.15) is 51.1 Å². The van der Waals surface area contributed by atoms with Crippen LogP contribution < -0.4 is 4.74 Å². The van der Waals surface area contributed by atoms with Crippen LogP contribution in [-0.4, -0.2) is 28.4 Å². The summed E-state index contributed by atoms with van der Waals surface area (Å²) >= 11 is 1.06. The fourth-order valence-corrected chi connectivity index (χ4v) is 4.57. The van der Waals surface area contributed by atoms with Crippen molar-refractivity contribution in [1.82, 2.24) is 9.55 Å². The summed E-state index contributed by atoms with van der Waals surface area (Å²) in [6.45, 7) is 2.95. The maximum Gasteiger partial charge on any atom is 0.416 e. The molecule has 0 unspecified atom stereocenters. The number of hydrogen-bond donors (Lipinski definition) is 0. The third kappa shape index (κ3) is 4.41. The lowest BCUT2D eigenvalue weighted by Gasteiger charge is -2.19. The zero-order chi connectivity index (χ0) is 24.6. The maximum atomic E-state index is 13.5. The molecule has 4 aromatic rings. The van der Waals surface area contributed by atoms with Crippen LogP contribution in [0.5, 0.6) is 5.75 Å². The summed E-state index contributed by atoms with van der Waals surface area (Å²) in [5.41, 5.74) is 0.920. The van der Waals surface area contributed by atoms with E-state index in [0.717, 1.165) is 17.4 Å². The molecule has 0 aliphatic rings. The van der Waals surface area contributed by atoms with Gasteiger partial charge in [-0.25, -0.2) is 9.78 Å². The number of aromatic nitrogens is 2. The van der Waals surface area contributed by atoms with Crippen LogP contribution in [0, 0.1) is 0 Å². The number of rotatable bonds is 6. The fraction of sp³-hybridized carbons (Fsp3) is 0.208. The van der Waals surface area contributed by atoms with Gasteiger partial charge in [0, 0.05) is 17.2 Å². The lowest BCUT2D eigenvalue weighted by Crippen LogP contribution is -2.14. The van der Waals surface area contributed by atoms with E-state index in [1.54, 1.807) is 28.8 Å². The van der Waals surface area contributed by atoms with E-state index in [4.69, 9.17) is 9.47 Å². The standard InChI is InChI=1S/C24H19F3N2O4S/c1-13(30)15-8-9-19-18(10-15)28-12-29(19)21-11-20(22(34-21)23(31)32-3)33-14(2)16-6-4-5-7-17(16)24(25,26)27/h4-12,14H,1-3H3/t14-/m1/s1. The number of carbonyl (C=O) groups is 2. The molecule has 0 spiro atoms. The number of ketones is 1. The SMILES string of the molecule is COC(=O)c1sc(-n2cnc3cc(C(C)=O)ccc32)cc1O[C@H](C)c1ccccc1C(F)(F)F. The average Bonchev–Trinajstić information content (AvgIpc) is 3.41. The van der Waals surface area contributed by atoms with Crippen molar-refractivity contribution in [1.29, 1.82) is 0 Å². The average molecular weight is 488 g/mol. The number of imidazole rings is 1. The summed E-state index contributed by atoms with van der Waals surface area (Å²) in [4.78, 5) is 28.5. The number of ether oxygens (including phenoxy) is 2. The second-order valence-electron chi connectivity index (χ2n) is 7.49. The van der Waals surface area contributed by atoms with Crippen molar-refractivity contribution in [3.8, 4) is 10.8 Å². The number of methoxy groups -OCH3 is 1. The molecule has 34 heavy (non-hydrogen) atoms. The first kappa shape index (κ1) is 23.5. The van der Waals surface area contributed by atoms with Crippen molar-refractivity contribution < 1.29 is 32.2 Å². The molecule has 0 aliphatic heterocycles. The molecule has 6 nitrogen and oxygen atoms in total. The van der Waals surface area contributed by atoms with Crippen LogP contribution in [0.3, 0.4) is 0 Å². The number of fused-ring (bicyclic) bond motifs is 1. The molecule has 1 atom stereocenters. The number of nitrogens with zero attached hydrogens (tertiary/aromatic N) is 2. The fourth-order valence-electron chi connectivity index (χ4n) is 3.57. The van der Waals surface area contributed by atoms with Gasteiger partial charge in [-0.3, -0.25) is 9.36 Å². The van der Waals surface area contributed by atoms with Gasteiger partial charge in [-0.15, -0.1) is 11.3 Å². The Balaban J connectivity index is 1.74. The number of esters is 1. The second-order valence-corrected chi connectivity index (χ2v) is 8.52. The zero-order valence-electron chi connectivity index (χ0n) is 18.3. The molecular weight excluding hydrogens is 469 g/mol. The van der Waals surface area contributed by atoms with E-state index in [-0.39, 0.29) is 22.0 Å². The topological polar surface area (TPSA) is 70.4 Å². The Bertz CT molecular complexity index is 1390. The Morgan fingerprint density at radius 3 is 2.53 bits per heavy atom. The molecule has 0 amide bonds. The maximum absolute atomic E-state index is 13.5. The number of thiophene rings is 1. The highest BCUT2D eigenvalue weighted by molar-refractivity contribution is 7.16. The molecule has 0 radical (unpaired) electrons. The Morgan fingerprint density at radius 1 is 1.12 bits per heavy atom. The van der Waals surface area contributed by atoms with Crippen LogP contribution in [0.2, 0.25) is 0 Å². The predicted octanol–water partition coefficient (Wildman–Crippen LogP) is 6.24. The lowest BCUT2D eigenvalue weighted by atomic mass is 10.0. The smallest absolute Gasteiger partial charge is 0.416 e. The van der Waals surface area contributed by atoms with E-state index in [9.17, 15) is 22.8 Å². The van der Waals surface area contributed by atoms with E-state index >= 15 is 0 Å². The zero-order valence-corrected chi connectivity index (χ0v) is 19.2. The molecule has 10 heteroatoms. The molecule has 0 bridgehead atoms. The van der Waals surface area contributed by atoms with Crippen molar-refractivity contribution in [2.24, 2.45) is 0 Å². The number of hydrogen-bond acceptors (Lipinski definition) is 6.